The van der Waals surface area contributed by atoms with E-state index in [0.717, 1.165) is 18.8 Å². The molecular formula is C15H17N5. The van der Waals surface area contributed by atoms with Gasteiger partial charge in [0.1, 0.15) is 11.6 Å². The second-order valence-electron chi connectivity index (χ2n) is 4.60. The molecule has 0 unspecified atom stereocenters. The summed E-state index contributed by atoms with van der Waals surface area (Å²) >= 11 is 0. The first-order chi connectivity index (χ1) is 9.86. The SMILES string of the molecule is NCc1nccc(NCCc2c[nH]c3ccccc23)n1. The van der Waals surface area contributed by atoms with Crippen molar-refractivity contribution in [2.24, 2.45) is 5.73 Å². The summed E-state index contributed by atoms with van der Waals surface area (Å²) in [6.45, 7) is 1.18. The van der Waals surface area contributed by atoms with Crippen LogP contribution in [0.15, 0.2) is 42.7 Å². The predicted molar refractivity (Wildman–Crippen MR) is 80.4 cm³/mol. The Morgan fingerprint density at radius 1 is 1.20 bits per heavy atom. The molecule has 0 saturated carbocycles. The van der Waals surface area contributed by atoms with E-state index in [1.165, 1.54) is 16.5 Å². The van der Waals surface area contributed by atoms with Crippen LogP contribution in [0.4, 0.5) is 5.82 Å². The molecule has 0 spiro atoms. The number of nitrogens with two attached hydrogens (primary N) is 1. The van der Waals surface area contributed by atoms with Gasteiger partial charge in [-0.2, -0.15) is 0 Å². The average molecular weight is 267 g/mol. The van der Waals surface area contributed by atoms with Crippen molar-refractivity contribution in [1.29, 1.82) is 0 Å². The number of nitrogens with zero attached hydrogens (tertiary/aromatic N) is 2. The molecule has 5 nitrogen and oxygen atoms in total. The van der Waals surface area contributed by atoms with Crippen LogP contribution in [-0.4, -0.2) is 21.5 Å². The highest BCUT2D eigenvalue weighted by atomic mass is 15.0. The summed E-state index contributed by atoms with van der Waals surface area (Å²) in [7, 11) is 0. The minimum atomic E-state index is 0.359. The number of benzene rings is 1. The topological polar surface area (TPSA) is 79.6 Å². The molecule has 0 aliphatic heterocycles. The summed E-state index contributed by atoms with van der Waals surface area (Å²) in [6.07, 6.45) is 4.73. The fourth-order valence-corrected chi connectivity index (χ4v) is 2.26. The summed E-state index contributed by atoms with van der Waals surface area (Å²) in [4.78, 5) is 11.7. The number of hydrogen-bond acceptors (Lipinski definition) is 4. The second kappa shape index (κ2) is 5.71. The van der Waals surface area contributed by atoms with Gasteiger partial charge in [-0.25, -0.2) is 9.97 Å². The fourth-order valence-electron chi connectivity index (χ4n) is 2.26. The smallest absolute Gasteiger partial charge is 0.144 e. The molecule has 0 aliphatic rings. The highest BCUT2D eigenvalue weighted by Crippen LogP contribution is 2.18. The van der Waals surface area contributed by atoms with Gasteiger partial charge in [0.2, 0.25) is 0 Å². The van der Waals surface area contributed by atoms with Gasteiger partial charge in [0.25, 0.3) is 0 Å². The lowest BCUT2D eigenvalue weighted by atomic mass is 10.1. The van der Waals surface area contributed by atoms with Crippen molar-refractivity contribution < 1.29 is 0 Å². The fraction of sp³-hybridized carbons (Fsp3) is 0.200. The number of hydrogen-bond donors (Lipinski definition) is 3. The molecule has 0 saturated heterocycles. The van der Waals surface area contributed by atoms with E-state index in [2.05, 4.69) is 44.7 Å². The quantitative estimate of drug-likeness (QED) is 0.661. The van der Waals surface area contributed by atoms with E-state index in [1.807, 2.05) is 12.1 Å². The van der Waals surface area contributed by atoms with E-state index < -0.39 is 0 Å². The van der Waals surface area contributed by atoms with Crippen LogP contribution in [0.5, 0.6) is 0 Å². The maximum atomic E-state index is 5.53. The molecule has 0 amide bonds. The first-order valence-electron chi connectivity index (χ1n) is 6.67. The number of fused-ring (bicyclic) bond motifs is 1. The molecule has 0 fully saturated rings. The minimum Gasteiger partial charge on any atom is -0.370 e. The van der Waals surface area contributed by atoms with Crippen LogP contribution in [-0.2, 0) is 13.0 Å². The Balaban J connectivity index is 1.65. The predicted octanol–water partition coefficient (Wildman–Crippen LogP) is 2.07. The monoisotopic (exact) mass is 267 g/mol. The van der Waals surface area contributed by atoms with Crippen molar-refractivity contribution in [1.82, 2.24) is 15.0 Å². The summed E-state index contributed by atoms with van der Waals surface area (Å²) in [6, 6.07) is 10.2. The molecule has 1 aromatic carbocycles. The highest BCUT2D eigenvalue weighted by Gasteiger charge is 2.03. The van der Waals surface area contributed by atoms with Gasteiger partial charge in [0.05, 0.1) is 6.54 Å². The van der Waals surface area contributed by atoms with Crippen molar-refractivity contribution in [2.75, 3.05) is 11.9 Å². The number of para-hydroxylation sites is 1. The number of nitrogens with one attached hydrogen (secondary N) is 2. The maximum Gasteiger partial charge on any atom is 0.144 e. The van der Waals surface area contributed by atoms with Crippen molar-refractivity contribution in [2.45, 2.75) is 13.0 Å². The van der Waals surface area contributed by atoms with E-state index in [9.17, 15) is 0 Å². The lowest BCUT2D eigenvalue weighted by Gasteiger charge is -2.05. The normalized spacial score (nSPS) is 10.8. The van der Waals surface area contributed by atoms with Crippen LogP contribution in [0.2, 0.25) is 0 Å². The van der Waals surface area contributed by atoms with E-state index in [0.29, 0.717) is 12.4 Å². The minimum absolute atomic E-state index is 0.359. The van der Waals surface area contributed by atoms with Gasteiger partial charge >= 0.3 is 0 Å². The molecule has 3 aromatic rings. The molecule has 0 bridgehead atoms. The lowest BCUT2D eigenvalue weighted by molar-refractivity contribution is 0.901. The van der Waals surface area contributed by atoms with E-state index in [1.54, 1.807) is 6.20 Å². The van der Waals surface area contributed by atoms with Gasteiger partial charge in [-0.15, -0.1) is 0 Å². The van der Waals surface area contributed by atoms with Crippen LogP contribution >= 0.6 is 0 Å². The molecular weight excluding hydrogens is 250 g/mol. The summed E-state index contributed by atoms with van der Waals surface area (Å²) in [5.41, 5.74) is 8.01. The second-order valence-corrected chi connectivity index (χ2v) is 4.60. The molecule has 3 rings (SSSR count). The van der Waals surface area contributed by atoms with E-state index >= 15 is 0 Å². The molecule has 2 aromatic heterocycles. The van der Waals surface area contributed by atoms with Crippen molar-refractivity contribution in [3.63, 3.8) is 0 Å². The lowest BCUT2D eigenvalue weighted by Crippen LogP contribution is -2.09. The molecule has 2 heterocycles. The average Bonchev–Trinajstić information content (AvgIpc) is 2.91. The van der Waals surface area contributed by atoms with Gasteiger partial charge in [-0.05, 0) is 24.1 Å². The van der Waals surface area contributed by atoms with Gasteiger partial charge in [0.15, 0.2) is 0 Å². The van der Waals surface area contributed by atoms with Gasteiger partial charge in [-0.3, -0.25) is 0 Å². The van der Waals surface area contributed by atoms with Crippen LogP contribution in [0.25, 0.3) is 10.9 Å². The molecule has 0 aliphatic carbocycles. The molecule has 4 N–H and O–H groups in total. The van der Waals surface area contributed by atoms with Crippen LogP contribution < -0.4 is 11.1 Å². The maximum absolute atomic E-state index is 5.53. The summed E-state index contributed by atoms with van der Waals surface area (Å²) in [5, 5.41) is 4.58. The summed E-state index contributed by atoms with van der Waals surface area (Å²) < 4.78 is 0. The third-order valence-corrected chi connectivity index (χ3v) is 3.26. The van der Waals surface area contributed by atoms with E-state index in [4.69, 9.17) is 5.73 Å². The van der Waals surface area contributed by atoms with Crippen LogP contribution in [0.1, 0.15) is 11.4 Å². The first kappa shape index (κ1) is 12.6. The van der Waals surface area contributed by atoms with Crippen molar-refractivity contribution >= 4 is 16.7 Å². The first-order valence-corrected chi connectivity index (χ1v) is 6.67. The number of aromatic amines is 1. The van der Waals surface area contributed by atoms with Crippen LogP contribution in [0, 0.1) is 0 Å². The zero-order chi connectivity index (χ0) is 13.8. The molecule has 0 atom stereocenters. The number of anilines is 1. The van der Waals surface area contributed by atoms with Crippen molar-refractivity contribution in [3.8, 4) is 0 Å². The Bertz CT molecular complexity index is 704. The zero-order valence-electron chi connectivity index (χ0n) is 11.1. The molecule has 0 radical (unpaired) electrons. The largest absolute Gasteiger partial charge is 0.370 e. The van der Waals surface area contributed by atoms with Crippen molar-refractivity contribution in [3.05, 3.63) is 54.1 Å². The standard InChI is InChI=1S/C15H17N5/c16-9-15-18-8-6-14(20-15)17-7-5-11-10-19-13-4-2-1-3-12(11)13/h1-4,6,8,10,19H,5,7,9,16H2,(H,17,18,20). The van der Waals surface area contributed by atoms with Gasteiger partial charge in [0, 0.05) is 29.8 Å². The van der Waals surface area contributed by atoms with Crippen LogP contribution in [0.3, 0.4) is 0 Å². The Morgan fingerprint density at radius 3 is 3.00 bits per heavy atom. The Hall–Kier alpha value is -2.40. The van der Waals surface area contributed by atoms with Gasteiger partial charge < -0.3 is 16.0 Å². The number of rotatable bonds is 5. The Morgan fingerprint density at radius 2 is 2.10 bits per heavy atom. The molecule has 20 heavy (non-hydrogen) atoms. The third-order valence-electron chi connectivity index (χ3n) is 3.26. The number of aromatic nitrogens is 3. The highest BCUT2D eigenvalue weighted by molar-refractivity contribution is 5.83. The molecule has 102 valence electrons. The zero-order valence-corrected chi connectivity index (χ0v) is 11.1. The number of H-pyrrole nitrogens is 1. The Kier molecular flexibility index (Phi) is 3.60. The Labute approximate surface area is 117 Å². The third kappa shape index (κ3) is 2.62. The van der Waals surface area contributed by atoms with E-state index in [-0.39, 0.29) is 0 Å². The molecule has 5 heteroatoms. The summed E-state index contributed by atoms with van der Waals surface area (Å²) in [5.74, 6) is 1.47. The van der Waals surface area contributed by atoms with Gasteiger partial charge in [-0.1, -0.05) is 18.2 Å².